The van der Waals surface area contributed by atoms with Gasteiger partial charge in [0.25, 0.3) is 5.91 Å². The summed E-state index contributed by atoms with van der Waals surface area (Å²) in [5.74, 6) is -0.272. The summed E-state index contributed by atoms with van der Waals surface area (Å²) < 4.78 is 6.20. The molecule has 0 bridgehead atoms. The van der Waals surface area contributed by atoms with Crippen molar-refractivity contribution >= 4 is 40.4 Å². The van der Waals surface area contributed by atoms with Crippen LogP contribution in [-0.2, 0) is 4.74 Å². The second kappa shape index (κ2) is 5.33. The van der Waals surface area contributed by atoms with Gasteiger partial charge in [0.1, 0.15) is 4.34 Å². The van der Waals surface area contributed by atoms with E-state index in [1.807, 2.05) is 13.8 Å². The van der Waals surface area contributed by atoms with Gasteiger partial charge in [0, 0.05) is 12.6 Å². The highest BCUT2D eigenvalue weighted by Crippen LogP contribution is 2.28. The average molecular weight is 309 g/mol. The standard InChI is InChI=1S/C11H14Cl2N2O2S/c1-11(2)5-6(3-4-17-11)14-9(16)7-8(12)18-10(13)15-7/h6H,3-5H2,1-2H3,(H,14,16). The molecule has 7 heteroatoms. The van der Waals surface area contributed by atoms with Crippen molar-refractivity contribution in [2.24, 2.45) is 0 Å². The van der Waals surface area contributed by atoms with Crippen molar-refractivity contribution in [2.75, 3.05) is 6.61 Å². The molecule has 1 aliphatic rings. The molecule has 1 aromatic heterocycles. The van der Waals surface area contributed by atoms with E-state index in [0.717, 1.165) is 24.2 Å². The number of hydrogen-bond acceptors (Lipinski definition) is 4. The number of carbonyl (C=O) groups is 1. The van der Waals surface area contributed by atoms with Crippen molar-refractivity contribution in [1.82, 2.24) is 10.3 Å². The van der Waals surface area contributed by atoms with Gasteiger partial charge in [0.2, 0.25) is 0 Å². The van der Waals surface area contributed by atoms with Crippen LogP contribution >= 0.6 is 34.5 Å². The summed E-state index contributed by atoms with van der Waals surface area (Å²) in [6, 6.07) is 0.0813. The average Bonchev–Trinajstić information content (AvgIpc) is 2.56. The van der Waals surface area contributed by atoms with E-state index in [1.54, 1.807) is 0 Å². The number of rotatable bonds is 2. The summed E-state index contributed by atoms with van der Waals surface area (Å²) in [5, 5.41) is 2.93. The first-order valence-corrected chi connectivity index (χ1v) is 7.21. The number of ether oxygens (including phenoxy) is 1. The van der Waals surface area contributed by atoms with Crippen LogP contribution in [0.1, 0.15) is 37.2 Å². The number of halogens is 2. The maximum atomic E-state index is 12.0. The van der Waals surface area contributed by atoms with Gasteiger partial charge in [-0.3, -0.25) is 4.79 Å². The number of thiazole rings is 1. The molecule has 100 valence electrons. The molecular weight excluding hydrogens is 295 g/mol. The molecule has 0 aromatic carbocycles. The summed E-state index contributed by atoms with van der Waals surface area (Å²) in [6.07, 6.45) is 1.57. The lowest BCUT2D eigenvalue weighted by atomic mass is 9.94. The van der Waals surface area contributed by atoms with Gasteiger partial charge in [0.15, 0.2) is 10.2 Å². The molecule has 18 heavy (non-hydrogen) atoms. The van der Waals surface area contributed by atoms with E-state index >= 15 is 0 Å². The number of amides is 1. The van der Waals surface area contributed by atoms with Gasteiger partial charge in [-0.25, -0.2) is 4.98 Å². The van der Waals surface area contributed by atoms with Crippen molar-refractivity contribution in [2.45, 2.75) is 38.3 Å². The minimum atomic E-state index is -0.272. The molecular formula is C11H14Cl2N2O2S. The Hall–Kier alpha value is -0.360. The third-order valence-corrected chi connectivity index (χ3v) is 4.17. The Morgan fingerprint density at radius 1 is 1.56 bits per heavy atom. The Labute approximate surface area is 120 Å². The molecule has 0 aliphatic carbocycles. The van der Waals surface area contributed by atoms with Crippen LogP contribution in [0.5, 0.6) is 0 Å². The molecule has 1 amide bonds. The first kappa shape index (κ1) is 14.1. The summed E-state index contributed by atoms with van der Waals surface area (Å²) in [7, 11) is 0. The fourth-order valence-corrected chi connectivity index (χ4v) is 3.33. The molecule has 1 aliphatic heterocycles. The molecule has 2 rings (SSSR count). The monoisotopic (exact) mass is 308 g/mol. The van der Waals surface area contributed by atoms with E-state index in [4.69, 9.17) is 27.9 Å². The molecule has 0 spiro atoms. The summed E-state index contributed by atoms with van der Waals surface area (Å²) in [5.41, 5.74) is -0.00402. The van der Waals surface area contributed by atoms with Crippen LogP contribution in [0.25, 0.3) is 0 Å². The Kier molecular flexibility index (Phi) is 4.16. The molecule has 1 N–H and O–H groups in total. The molecule has 0 saturated carbocycles. The fraction of sp³-hybridized carbons (Fsp3) is 0.636. The van der Waals surface area contributed by atoms with Crippen LogP contribution < -0.4 is 5.32 Å². The van der Waals surface area contributed by atoms with Gasteiger partial charge in [-0.2, -0.15) is 0 Å². The third-order valence-electron chi connectivity index (χ3n) is 2.81. The molecule has 1 atom stereocenters. The van der Waals surface area contributed by atoms with Crippen LogP contribution in [0.2, 0.25) is 8.80 Å². The largest absolute Gasteiger partial charge is 0.375 e. The van der Waals surface area contributed by atoms with Gasteiger partial charge in [-0.15, -0.1) is 0 Å². The van der Waals surface area contributed by atoms with Gasteiger partial charge in [0.05, 0.1) is 5.60 Å². The summed E-state index contributed by atoms with van der Waals surface area (Å²) >= 11 is 12.7. The Morgan fingerprint density at radius 3 is 2.83 bits per heavy atom. The van der Waals surface area contributed by atoms with E-state index in [1.165, 1.54) is 0 Å². The zero-order chi connectivity index (χ0) is 13.3. The van der Waals surface area contributed by atoms with Crippen molar-refractivity contribution in [3.8, 4) is 0 Å². The summed E-state index contributed by atoms with van der Waals surface area (Å²) in [6.45, 7) is 4.67. The van der Waals surface area contributed by atoms with Gasteiger partial charge < -0.3 is 10.1 Å². The highest BCUT2D eigenvalue weighted by atomic mass is 35.5. The van der Waals surface area contributed by atoms with E-state index in [0.29, 0.717) is 10.9 Å². The zero-order valence-corrected chi connectivity index (χ0v) is 12.5. The van der Waals surface area contributed by atoms with Gasteiger partial charge in [-0.05, 0) is 26.7 Å². The lowest BCUT2D eigenvalue weighted by molar-refractivity contribution is -0.0615. The van der Waals surface area contributed by atoms with E-state index < -0.39 is 0 Å². The maximum Gasteiger partial charge on any atom is 0.272 e. The first-order valence-electron chi connectivity index (χ1n) is 5.64. The summed E-state index contributed by atoms with van der Waals surface area (Å²) in [4.78, 5) is 15.9. The van der Waals surface area contributed by atoms with E-state index in [-0.39, 0.29) is 27.7 Å². The van der Waals surface area contributed by atoms with Crippen LogP contribution in [0.3, 0.4) is 0 Å². The number of nitrogens with one attached hydrogen (secondary N) is 1. The van der Waals surface area contributed by atoms with Crippen molar-refractivity contribution in [3.63, 3.8) is 0 Å². The molecule has 1 saturated heterocycles. The second-order valence-electron chi connectivity index (χ2n) is 4.86. The minimum absolute atomic E-state index is 0.0813. The maximum absolute atomic E-state index is 12.0. The lowest BCUT2D eigenvalue weighted by Crippen LogP contribution is -2.45. The Morgan fingerprint density at radius 2 is 2.28 bits per heavy atom. The van der Waals surface area contributed by atoms with Crippen LogP contribution in [0.15, 0.2) is 0 Å². The fourth-order valence-electron chi connectivity index (χ4n) is 2.03. The second-order valence-corrected chi connectivity index (χ2v) is 7.04. The van der Waals surface area contributed by atoms with Crippen molar-refractivity contribution < 1.29 is 9.53 Å². The molecule has 1 unspecified atom stereocenters. The highest BCUT2D eigenvalue weighted by Gasteiger charge is 2.30. The molecule has 0 radical (unpaired) electrons. The molecule has 4 nitrogen and oxygen atoms in total. The predicted molar refractivity (Wildman–Crippen MR) is 72.7 cm³/mol. The number of nitrogens with zero attached hydrogens (tertiary/aromatic N) is 1. The molecule has 2 heterocycles. The van der Waals surface area contributed by atoms with E-state index in [9.17, 15) is 4.79 Å². The van der Waals surface area contributed by atoms with Crippen molar-refractivity contribution in [1.29, 1.82) is 0 Å². The number of carbonyl (C=O) groups excluding carboxylic acids is 1. The third kappa shape index (κ3) is 3.35. The number of hydrogen-bond donors (Lipinski definition) is 1. The van der Waals surface area contributed by atoms with Gasteiger partial charge in [-0.1, -0.05) is 34.5 Å². The zero-order valence-electron chi connectivity index (χ0n) is 10.1. The SMILES string of the molecule is CC1(C)CC(NC(=O)c2nc(Cl)sc2Cl)CCO1. The highest BCUT2D eigenvalue weighted by molar-refractivity contribution is 7.19. The Bertz CT molecular complexity index is 462. The van der Waals surface area contributed by atoms with Crippen LogP contribution in [0.4, 0.5) is 0 Å². The topological polar surface area (TPSA) is 51.2 Å². The Balaban J connectivity index is 2.01. The van der Waals surface area contributed by atoms with Crippen LogP contribution in [0, 0.1) is 0 Å². The normalized spacial score (nSPS) is 22.8. The van der Waals surface area contributed by atoms with E-state index in [2.05, 4.69) is 10.3 Å². The van der Waals surface area contributed by atoms with Crippen LogP contribution in [-0.4, -0.2) is 29.1 Å². The molecule has 1 aromatic rings. The predicted octanol–water partition coefficient (Wildman–Crippen LogP) is 3.14. The first-order chi connectivity index (χ1) is 8.37. The minimum Gasteiger partial charge on any atom is -0.375 e. The quantitative estimate of drug-likeness (QED) is 0.913. The number of aromatic nitrogens is 1. The van der Waals surface area contributed by atoms with Crippen molar-refractivity contribution in [3.05, 3.63) is 14.5 Å². The van der Waals surface area contributed by atoms with Gasteiger partial charge >= 0.3 is 0 Å². The smallest absolute Gasteiger partial charge is 0.272 e. The molecule has 1 fully saturated rings. The lowest BCUT2D eigenvalue weighted by Gasteiger charge is -2.35.